The van der Waals surface area contributed by atoms with Crippen molar-refractivity contribution in [1.82, 2.24) is 0 Å². The van der Waals surface area contributed by atoms with Gasteiger partial charge in [0, 0.05) is 11.6 Å². The zero-order valence-electron chi connectivity index (χ0n) is 13.8. The second-order valence-corrected chi connectivity index (χ2v) is 9.03. The molecule has 0 radical (unpaired) electrons. The van der Waals surface area contributed by atoms with Crippen molar-refractivity contribution in [3.63, 3.8) is 0 Å². The molecule has 0 bridgehead atoms. The summed E-state index contributed by atoms with van der Waals surface area (Å²) in [5.41, 5.74) is 4.11. The molecule has 128 valence electrons. The molecule has 0 saturated heterocycles. The molecule has 26 heavy (non-hydrogen) atoms. The second-order valence-electron chi connectivity index (χ2n) is 6.29. The number of halogens is 1. The molecule has 0 saturated carbocycles. The standard InChI is InChI=1S/C19H13BBrNO3S/c1-25-20-12-6-4-8-14(21)18(12)22-15-9-2-3-10-16(15)26(23,24)17-11-5-7-13(20)19(17)22/h2-11H,1H3. The van der Waals surface area contributed by atoms with E-state index in [9.17, 15) is 8.42 Å². The van der Waals surface area contributed by atoms with Crippen LogP contribution in [0.3, 0.4) is 0 Å². The molecule has 0 atom stereocenters. The fraction of sp³-hybridized carbons (Fsp3) is 0.0526. The lowest BCUT2D eigenvalue weighted by molar-refractivity contribution is 0.439. The van der Waals surface area contributed by atoms with E-state index in [1.165, 1.54) is 0 Å². The first-order chi connectivity index (χ1) is 12.6. The van der Waals surface area contributed by atoms with Gasteiger partial charge >= 0.3 is 6.92 Å². The number of hydrogen-bond acceptors (Lipinski definition) is 4. The van der Waals surface area contributed by atoms with E-state index in [-0.39, 0.29) is 6.92 Å². The molecule has 7 heteroatoms. The minimum Gasteiger partial charge on any atom is -0.430 e. The lowest BCUT2D eigenvalue weighted by Crippen LogP contribution is -2.52. The Morgan fingerprint density at radius 2 is 1.54 bits per heavy atom. The molecule has 2 aliphatic rings. The number of para-hydroxylation sites is 3. The van der Waals surface area contributed by atoms with Crippen molar-refractivity contribution in [3.05, 3.63) is 65.1 Å². The van der Waals surface area contributed by atoms with Crippen LogP contribution in [0.2, 0.25) is 0 Å². The molecule has 3 aromatic rings. The van der Waals surface area contributed by atoms with Crippen LogP contribution in [0.1, 0.15) is 0 Å². The van der Waals surface area contributed by atoms with Gasteiger partial charge in [0.25, 0.3) is 0 Å². The van der Waals surface area contributed by atoms with Gasteiger partial charge in [0.1, 0.15) is 0 Å². The van der Waals surface area contributed by atoms with Crippen LogP contribution in [0.15, 0.2) is 74.9 Å². The maximum absolute atomic E-state index is 13.2. The van der Waals surface area contributed by atoms with E-state index in [2.05, 4.69) is 15.9 Å². The third-order valence-corrected chi connectivity index (χ3v) is 7.45. The predicted molar refractivity (Wildman–Crippen MR) is 106 cm³/mol. The maximum atomic E-state index is 13.2. The monoisotopic (exact) mass is 425 g/mol. The van der Waals surface area contributed by atoms with Gasteiger partial charge in [0.05, 0.1) is 26.9 Å². The summed E-state index contributed by atoms with van der Waals surface area (Å²) in [5, 5.41) is 0. The summed E-state index contributed by atoms with van der Waals surface area (Å²) < 4.78 is 33.2. The van der Waals surface area contributed by atoms with Crippen molar-refractivity contribution >= 4 is 60.7 Å². The Kier molecular flexibility index (Phi) is 3.38. The second kappa shape index (κ2) is 5.46. The van der Waals surface area contributed by atoms with Crippen LogP contribution in [0.4, 0.5) is 17.1 Å². The first-order valence-electron chi connectivity index (χ1n) is 8.14. The third kappa shape index (κ3) is 1.91. The van der Waals surface area contributed by atoms with Crippen molar-refractivity contribution in [2.45, 2.75) is 9.79 Å². The zero-order valence-corrected chi connectivity index (χ0v) is 16.2. The van der Waals surface area contributed by atoms with Crippen LogP contribution in [0, 0.1) is 0 Å². The Morgan fingerprint density at radius 3 is 2.31 bits per heavy atom. The summed E-state index contributed by atoms with van der Waals surface area (Å²) in [6.45, 7) is -0.325. The van der Waals surface area contributed by atoms with Gasteiger partial charge < -0.3 is 9.55 Å². The third-order valence-electron chi connectivity index (χ3n) is 4.98. The van der Waals surface area contributed by atoms with E-state index in [1.54, 1.807) is 31.4 Å². The van der Waals surface area contributed by atoms with Crippen LogP contribution in [-0.2, 0) is 14.5 Å². The zero-order chi connectivity index (χ0) is 18.1. The smallest absolute Gasteiger partial charge is 0.365 e. The lowest BCUT2D eigenvalue weighted by atomic mass is 9.52. The first kappa shape index (κ1) is 16.1. The number of anilines is 3. The summed E-state index contributed by atoms with van der Waals surface area (Å²) in [7, 11) is -1.94. The van der Waals surface area contributed by atoms with Crippen LogP contribution in [0.25, 0.3) is 0 Å². The molecule has 0 fully saturated rings. The Balaban J connectivity index is 1.99. The normalized spacial score (nSPS) is 15.9. The van der Waals surface area contributed by atoms with Gasteiger partial charge in [-0.25, -0.2) is 8.42 Å². The van der Waals surface area contributed by atoms with Crippen LogP contribution >= 0.6 is 15.9 Å². The summed E-state index contributed by atoms with van der Waals surface area (Å²) in [4.78, 5) is 2.68. The molecule has 3 aromatic carbocycles. The fourth-order valence-corrected chi connectivity index (χ4v) is 6.16. The van der Waals surface area contributed by atoms with E-state index in [1.807, 2.05) is 41.3 Å². The SMILES string of the molecule is COB1c2cccc(Br)c2N2c3ccccc3S(=O)(=O)c3cccc1c32. The Hall–Kier alpha value is -2.09. The van der Waals surface area contributed by atoms with Gasteiger partial charge in [-0.3, -0.25) is 0 Å². The van der Waals surface area contributed by atoms with Crippen LogP contribution in [-0.4, -0.2) is 22.4 Å². The average Bonchev–Trinajstić information content (AvgIpc) is 2.65. The highest BCUT2D eigenvalue weighted by atomic mass is 79.9. The molecule has 0 unspecified atom stereocenters. The summed E-state index contributed by atoms with van der Waals surface area (Å²) in [5.74, 6) is 0. The van der Waals surface area contributed by atoms with Gasteiger partial charge in [-0.15, -0.1) is 0 Å². The Bertz CT molecular complexity index is 1180. The van der Waals surface area contributed by atoms with Crippen molar-refractivity contribution < 1.29 is 13.1 Å². The van der Waals surface area contributed by atoms with E-state index in [4.69, 9.17) is 4.65 Å². The van der Waals surface area contributed by atoms with E-state index in [0.29, 0.717) is 21.2 Å². The van der Waals surface area contributed by atoms with Gasteiger partial charge in [0.2, 0.25) is 9.84 Å². The van der Waals surface area contributed by atoms with Gasteiger partial charge in [-0.2, -0.15) is 0 Å². The quantitative estimate of drug-likeness (QED) is 0.439. The number of nitrogens with zero attached hydrogens (tertiary/aromatic N) is 1. The number of fused-ring (bicyclic) bond motifs is 4. The lowest BCUT2D eigenvalue weighted by Gasteiger charge is -2.40. The largest absolute Gasteiger partial charge is 0.430 e. The number of rotatable bonds is 1. The van der Waals surface area contributed by atoms with E-state index < -0.39 is 9.84 Å². The molecular formula is C19H13BBrNO3S. The van der Waals surface area contributed by atoms with Crippen molar-refractivity contribution in [2.75, 3.05) is 12.0 Å². The van der Waals surface area contributed by atoms with Crippen molar-refractivity contribution in [3.8, 4) is 0 Å². The van der Waals surface area contributed by atoms with Crippen molar-refractivity contribution in [2.24, 2.45) is 0 Å². The van der Waals surface area contributed by atoms with E-state index >= 15 is 0 Å². The minimum atomic E-state index is -3.59. The Morgan fingerprint density at radius 1 is 0.885 bits per heavy atom. The number of sulfone groups is 1. The van der Waals surface area contributed by atoms with Gasteiger partial charge in [0.15, 0.2) is 0 Å². The minimum absolute atomic E-state index is 0.317. The molecule has 5 rings (SSSR count). The Labute approximate surface area is 160 Å². The average molecular weight is 426 g/mol. The highest BCUT2D eigenvalue weighted by Gasteiger charge is 2.44. The molecule has 0 N–H and O–H groups in total. The number of hydrogen-bond donors (Lipinski definition) is 0. The predicted octanol–water partition coefficient (Wildman–Crippen LogP) is 3.13. The summed E-state index contributed by atoms with van der Waals surface area (Å²) >= 11 is 3.65. The molecule has 4 nitrogen and oxygen atoms in total. The fourth-order valence-electron chi connectivity index (χ4n) is 3.95. The first-order valence-corrected chi connectivity index (χ1v) is 10.4. The summed E-state index contributed by atoms with van der Waals surface area (Å²) in [6, 6.07) is 18.5. The molecule has 2 aliphatic heterocycles. The molecule has 0 amide bonds. The van der Waals surface area contributed by atoms with E-state index in [0.717, 1.165) is 21.1 Å². The highest BCUT2D eigenvalue weighted by molar-refractivity contribution is 9.10. The topological polar surface area (TPSA) is 46.6 Å². The summed E-state index contributed by atoms with van der Waals surface area (Å²) in [6.07, 6.45) is 0. The van der Waals surface area contributed by atoms with Gasteiger partial charge in [-0.05, 0) is 51.1 Å². The molecular weight excluding hydrogens is 413 g/mol. The van der Waals surface area contributed by atoms with Gasteiger partial charge in [-0.1, -0.05) is 36.4 Å². The van der Waals surface area contributed by atoms with Crippen molar-refractivity contribution in [1.29, 1.82) is 0 Å². The molecule has 0 aromatic heterocycles. The van der Waals surface area contributed by atoms with Crippen LogP contribution < -0.4 is 15.8 Å². The number of benzene rings is 3. The highest BCUT2D eigenvalue weighted by Crippen LogP contribution is 2.49. The molecule has 0 spiro atoms. The molecule has 0 aliphatic carbocycles. The molecule has 2 heterocycles. The maximum Gasteiger partial charge on any atom is 0.365 e. The van der Waals surface area contributed by atoms with Crippen LogP contribution in [0.5, 0.6) is 0 Å².